The molecule has 0 radical (unpaired) electrons. The van der Waals surface area contributed by atoms with Crippen LogP contribution in [0.3, 0.4) is 0 Å². The number of hydrogen-bond donors (Lipinski definition) is 3. The Hall–Kier alpha value is -0.950. The van der Waals surface area contributed by atoms with E-state index < -0.39 is 5.41 Å². The van der Waals surface area contributed by atoms with Crippen molar-refractivity contribution >= 4 is 5.97 Å². The molecule has 2 atom stereocenters. The number of carbonyl (C=O) groups excluding carboxylic acids is 1. The fraction of sp³-hybridized carbons (Fsp3) is 0.800. The van der Waals surface area contributed by atoms with Gasteiger partial charge < -0.3 is 24.8 Å². The number of aliphatic hydroxyl groups is 3. The van der Waals surface area contributed by atoms with E-state index in [-0.39, 0.29) is 31.9 Å². The third kappa shape index (κ3) is 6.56. The molecule has 2 unspecified atom stereocenters. The molecule has 0 amide bonds. The van der Waals surface area contributed by atoms with E-state index in [1.807, 2.05) is 6.92 Å². The van der Waals surface area contributed by atoms with Crippen molar-refractivity contribution in [3.05, 3.63) is 12.7 Å². The molecule has 0 bridgehead atoms. The molecule has 1 aliphatic rings. The van der Waals surface area contributed by atoms with E-state index in [9.17, 15) is 4.79 Å². The van der Waals surface area contributed by atoms with Gasteiger partial charge in [-0.1, -0.05) is 20.4 Å². The van der Waals surface area contributed by atoms with Gasteiger partial charge in [0.2, 0.25) is 0 Å². The Morgan fingerprint density at radius 2 is 1.90 bits per heavy atom. The van der Waals surface area contributed by atoms with E-state index in [0.717, 1.165) is 6.42 Å². The van der Waals surface area contributed by atoms with Gasteiger partial charge in [-0.15, -0.1) is 0 Å². The van der Waals surface area contributed by atoms with E-state index in [0.29, 0.717) is 25.6 Å². The van der Waals surface area contributed by atoms with Crippen molar-refractivity contribution in [1.82, 2.24) is 0 Å². The highest BCUT2D eigenvalue weighted by Gasteiger charge is 2.31. The quantitative estimate of drug-likeness (QED) is 0.446. The predicted octanol–water partition coefficient (Wildman–Crippen LogP) is 0.500. The number of aliphatic hydroxyl groups excluding tert-OH is 3. The number of hydrogen-bond acceptors (Lipinski definition) is 6. The van der Waals surface area contributed by atoms with Crippen molar-refractivity contribution < 1.29 is 29.6 Å². The average molecular weight is 304 g/mol. The summed E-state index contributed by atoms with van der Waals surface area (Å²) in [7, 11) is 0. The van der Waals surface area contributed by atoms with Crippen LogP contribution in [0.1, 0.15) is 26.7 Å². The zero-order valence-corrected chi connectivity index (χ0v) is 13.0. The van der Waals surface area contributed by atoms with Gasteiger partial charge >= 0.3 is 5.97 Å². The molecule has 0 spiro atoms. The first-order valence-corrected chi connectivity index (χ1v) is 7.25. The lowest BCUT2D eigenvalue weighted by atomic mass is 9.88. The first kappa shape index (κ1) is 20.1. The van der Waals surface area contributed by atoms with Crippen LogP contribution in [-0.2, 0) is 14.3 Å². The van der Waals surface area contributed by atoms with Crippen LogP contribution in [0.15, 0.2) is 12.7 Å². The fourth-order valence-corrected chi connectivity index (χ4v) is 1.71. The third-order valence-corrected chi connectivity index (χ3v) is 3.82. The average Bonchev–Trinajstić information content (AvgIpc) is 2.50. The molecule has 0 aliphatic carbocycles. The van der Waals surface area contributed by atoms with Crippen LogP contribution >= 0.6 is 0 Å². The van der Waals surface area contributed by atoms with E-state index >= 15 is 0 Å². The Morgan fingerprint density at radius 3 is 2.14 bits per heavy atom. The summed E-state index contributed by atoms with van der Waals surface area (Å²) >= 11 is 0. The van der Waals surface area contributed by atoms with Crippen molar-refractivity contribution in [2.45, 2.75) is 32.8 Å². The first-order valence-electron chi connectivity index (χ1n) is 7.25. The number of esters is 1. The lowest BCUT2D eigenvalue weighted by Gasteiger charge is -2.35. The second-order valence-electron chi connectivity index (χ2n) is 5.20. The topological polar surface area (TPSA) is 96.2 Å². The molecule has 0 aromatic heterocycles. The number of ether oxygens (including phenoxy) is 2. The highest BCUT2D eigenvalue weighted by Crippen LogP contribution is 2.23. The normalized spacial score (nSPS) is 20.8. The van der Waals surface area contributed by atoms with Crippen LogP contribution in [0, 0.1) is 11.3 Å². The van der Waals surface area contributed by atoms with Crippen LogP contribution in [0.4, 0.5) is 0 Å². The molecule has 0 aromatic carbocycles. The van der Waals surface area contributed by atoms with Crippen molar-refractivity contribution in [2.75, 3.05) is 33.0 Å². The van der Waals surface area contributed by atoms with Crippen molar-refractivity contribution in [1.29, 1.82) is 0 Å². The second kappa shape index (κ2) is 10.7. The molecule has 0 aromatic rings. The summed E-state index contributed by atoms with van der Waals surface area (Å²) in [5.74, 6) is 0.0376. The van der Waals surface area contributed by atoms with Gasteiger partial charge in [0.05, 0.1) is 39.1 Å². The summed E-state index contributed by atoms with van der Waals surface area (Å²) in [6.07, 6.45) is 3.04. The van der Waals surface area contributed by atoms with Crippen molar-refractivity contribution in [3.8, 4) is 0 Å². The molecule has 21 heavy (non-hydrogen) atoms. The van der Waals surface area contributed by atoms with Crippen LogP contribution in [0.5, 0.6) is 0 Å². The van der Waals surface area contributed by atoms with Gasteiger partial charge in [-0.3, -0.25) is 0 Å². The molecule has 6 nitrogen and oxygen atoms in total. The van der Waals surface area contributed by atoms with Gasteiger partial charge in [0.1, 0.15) is 0 Å². The van der Waals surface area contributed by atoms with Crippen LogP contribution in [0.2, 0.25) is 0 Å². The third-order valence-electron chi connectivity index (χ3n) is 3.82. The standard InChI is InChI=1S/C9H14O3.C6H14O3/c1-3-8-7(5-11-8)6-12-9(10)4-2;1-2-6(3-7,4-8)5-9/h4,7-8H,2-3,5-6H2,1H3;7-9H,2-5H2,1H3. The molecule has 124 valence electrons. The van der Waals surface area contributed by atoms with E-state index in [1.165, 1.54) is 6.08 Å². The van der Waals surface area contributed by atoms with E-state index in [1.54, 1.807) is 0 Å². The molecule has 1 saturated heterocycles. The number of rotatable bonds is 8. The minimum absolute atomic E-state index is 0.156. The Morgan fingerprint density at radius 1 is 1.33 bits per heavy atom. The zero-order valence-electron chi connectivity index (χ0n) is 13.0. The Labute approximate surface area is 126 Å². The van der Waals surface area contributed by atoms with Crippen LogP contribution in [0.25, 0.3) is 0 Å². The predicted molar refractivity (Wildman–Crippen MR) is 78.7 cm³/mol. The summed E-state index contributed by atoms with van der Waals surface area (Å²) in [6.45, 7) is 7.90. The van der Waals surface area contributed by atoms with Crippen molar-refractivity contribution in [2.24, 2.45) is 11.3 Å². The summed E-state index contributed by atoms with van der Waals surface area (Å²) < 4.78 is 10.1. The molecule has 1 aliphatic heterocycles. The molecule has 0 saturated carbocycles. The Balaban J connectivity index is 0.000000400. The lowest BCUT2D eigenvalue weighted by molar-refractivity contribution is -0.159. The summed E-state index contributed by atoms with van der Waals surface area (Å²) in [4.78, 5) is 10.7. The monoisotopic (exact) mass is 304 g/mol. The minimum atomic E-state index is -0.667. The smallest absolute Gasteiger partial charge is 0.330 e. The van der Waals surface area contributed by atoms with Gasteiger partial charge in [-0.05, 0) is 12.8 Å². The SMILES string of the molecule is C=CC(=O)OCC1COC1CC.CCC(CO)(CO)CO. The summed E-state index contributed by atoms with van der Waals surface area (Å²) in [5, 5.41) is 26.0. The van der Waals surface area contributed by atoms with Gasteiger partial charge in [0, 0.05) is 17.4 Å². The molecular weight excluding hydrogens is 276 g/mol. The van der Waals surface area contributed by atoms with E-state index in [2.05, 4.69) is 13.5 Å². The molecule has 6 heteroatoms. The molecular formula is C15H28O6. The minimum Gasteiger partial charge on any atom is -0.462 e. The Bertz CT molecular complexity index is 281. The maximum absolute atomic E-state index is 10.7. The first-order chi connectivity index (χ1) is 10.0. The molecule has 1 fully saturated rings. The van der Waals surface area contributed by atoms with Crippen LogP contribution in [-0.4, -0.2) is 60.4 Å². The summed E-state index contributed by atoms with van der Waals surface area (Å²) in [6, 6.07) is 0. The summed E-state index contributed by atoms with van der Waals surface area (Å²) in [5.41, 5.74) is -0.667. The highest BCUT2D eigenvalue weighted by atomic mass is 16.5. The van der Waals surface area contributed by atoms with Gasteiger partial charge in [-0.2, -0.15) is 0 Å². The molecule has 1 rings (SSSR count). The van der Waals surface area contributed by atoms with Crippen molar-refractivity contribution in [3.63, 3.8) is 0 Å². The number of carbonyl (C=O) groups is 1. The zero-order chi connectivity index (χ0) is 16.3. The second-order valence-corrected chi connectivity index (χ2v) is 5.20. The maximum Gasteiger partial charge on any atom is 0.330 e. The van der Waals surface area contributed by atoms with Crippen LogP contribution < -0.4 is 0 Å². The van der Waals surface area contributed by atoms with E-state index in [4.69, 9.17) is 24.8 Å². The van der Waals surface area contributed by atoms with Gasteiger partial charge in [0.15, 0.2) is 0 Å². The fourth-order valence-electron chi connectivity index (χ4n) is 1.71. The largest absolute Gasteiger partial charge is 0.462 e. The Kier molecular flexibility index (Phi) is 10.2. The molecule has 1 heterocycles. The lowest BCUT2D eigenvalue weighted by Crippen LogP contribution is -2.42. The van der Waals surface area contributed by atoms with Gasteiger partial charge in [0.25, 0.3) is 0 Å². The maximum atomic E-state index is 10.7. The van der Waals surface area contributed by atoms with Gasteiger partial charge in [-0.25, -0.2) is 4.79 Å². The molecule has 3 N–H and O–H groups in total. The highest BCUT2D eigenvalue weighted by molar-refractivity contribution is 5.81.